The lowest BCUT2D eigenvalue weighted by molar-refractivity contribution is 0.450. The minimum atomic E-state index is 0.674. The summed E-state index contributed by atoms with van der Waals surface area (Å²) in [5.74, 6) is 3.81. The highest BCUT2D eigenvalue weighted by Crippen LogP contribution is 2.62. The summed E-state index contributed by atoms with van der Waals surface area (Å²) < 4.78 is 18.3. The molecule has 0 fully saturated rings. The van der Waals surface area contributed by atoms with E-state index in [1.807, 2.05) is 18.2 Å². The van der Waals surface area contributed by atoms with Crippen molar-refractivity contribution < 1.29 is 9.47 Å². The van der Waals surface area contributed by atoms with Crippen LogP contribution >= 0.6 is 0 Å². The van der Waals surface area contributed by atoms with Crippen LogP contribution in [0.5, 0.6) is 23.0 Å². The van der Waals surface area contributed by atoms with Crippen LogP contribution in [-0.2, 0) is 0 Å². The normalized spacial score (nSPS) is 13.4. The Bertz CT molecular complexity index is 3860. The number of fused-ring (bicyclic) bond motifs is 12. The Hall–Kier alpha value is -8.42. The summed E-state index contributed by atoms with van der Waals surface area (Å²) in [4.78, 5) is 12.9. The summed E-state index contributed by atoms with van der Waals surface area (Å²) in [6, 6.07) is 61.9. The summed E-state index contributed by atoms with van der Waals surface area (Å²) in [7, 11) is 0. The minimum absolute atomic E-state index is 0.674. The highest BCUT2D eigenvalue weighted by Gasteiger charge is 2.37. The molecular formula is C56H35N5O2. The molecule has 7 heteroatoms. The first-order valence-electron chi connectivity index (χ1n) is 21.5. The van der Waals surface area contributed by atoms with E-state index in [9.17, 15) is 0 Å². The van der Waals surface area contributed by atoms with Crippen LogP contribution in [0.25, 0.3) is 89.8 Å². The molecule has 5 heterocycles. The number of anilines is 3. The lowest BCUT2D eigenvalue weighted by Crippen LogP contribution is -2.34. The van der Waals surface area contributed by atoms with E-state index in [1.54, 1.807) is 0 Å². The van der Waals surface area contributed by atoms with Crippen LogP contribution in [0.4, 0.5) is 17.1 Å². The van der Waals surface area contributed by atoms with E-state index >= 15 is 0 Å². The van der Waals surface area contributed by atoms with Gasteiger partial charge in [0.15, 0.2) is 23.0 Å². The molecule has 0 unspecified atom stereocenters. The first kappa shape index (κ1) is 34.3. The Kier molecular flexibility index (Phi) is 7.10. The van der Waals surface area contributed by atoms with Crippen LogP contribution in [0.2, 0.25) is 0 Å². The molecule has 11 aromatic rings. The van der Waals surface area contributed by atoms with Gasteiger partial charge in [0.05, 0.1) is 49.9 Å². The Morgan fingerprint density at radius 1 is 0.444 bits per heavy atom. The Balaban J connectivity index is 1.00. The highest BCUT2D eigenvalue weighted by atomic mass is 16.5. The van der Waals surface area contributed by atoms with Crippen LogP contribution in [0, 0.1) is 0 Å². The lowest BCUT2D eigenvalue weighted by atomic mass is 9.99. The molecule has 0 saturated heterocycles. The van der Waals surface area contributed by atoms with Crippen molar-refractivity contribution in [1.82, 2.24) is 19.1 Å². The Morgan fingerprint density at radius 2 is 1.08 bits per heavy atom. The fraction of sp³-hybridized carbons (Fsp3) is 0.0357. The van der Waals surface area contributed by atoms with Crippen molar-refractivity contribution in [1.29, 1.82) is 0 Å². The van der Waals surface area contributed by atoms with Crippen molar-refractivity contribution in [2.24, 2.45) is 0 Å². The van der Waals surface area contributed by atoms with Gasteiger partial charge in [-0.25, -0.2) is 9.97 Å². The largest absolute Gasteiger partial charge is 0.453 e. The van der Waals surface area contributed by atoms with Gasteiger partial charge in [0.1, 0.15) is 5.69 Å². The maximum atomic E-state index is 7.02. The number of ether oxygens (including phenoxy) is 2. The van der Waals surface area contributed by atoms with Gasteiger partial charge in [-0.15, -0.1) is 0 Å². The molecule has 3 aromatic heterocycles. The van der Waals surface area contributed by atoms with Gasteiger partial charge in [0, 0.05) is 38.7 Å². The van der Waals surface area contributed by atoms with E-state index in [0.717, 1.165) is 135 Å². The highest BCUT2D eigenvalue weighted by molar-refractivity contribution is 6.18. The van der Waals surface area contributed by atoms with Gasteiger partial charge in [-0.05, 0) is 90.7 Å². The lowest BCUT2D eigenvalue weighted by Gasteiger charge is -2.38. The van der Waals surface area contributed by atoms with Gasteiger partial charge in [0.25, 0.3) is 0 Å². The molecule has 63 heavy (non-hydrogen) atoms. The third-order valence-electron chi connectivity index (χ3n) is 12.9. The third-order valence-corrected chi connectivity index (χ3v) is 12.9. The number of benzene rings is 8. The maximum Gasteiger partial charge on any atom is 0.235 e. The topological polar surface area (TPSA) is 57.3 Å². The van der Waals surface area contributed by atoms with Crippen molar-refractivity contribution in [2.75, 3.05) is 4.90 Å². The summed E-state index contributed by atoms with van der Waals surface area (Å²) in [5.41, 5.74) is 12.4. The molecule has 0 radical (unpaired) electrons. The van der Waals surface area contributed by atoms with E-state index in [2.05, 4.69) is 184 Å². The van der Waals surface area contributed by atoms with Gasteiger partial charge < -0.3 is 14.0 Å². The third kappa shape index (κ3) is 4.96. The second-order valence-electron chi connectivity index (χ2n) is 16.4. The molecule has 0 saturated carbocycles. The first-order chi connectivity index (χ1) is 31.2. The molecule has 14 rings (SSSR count). The molecule has 7 nitrogen and oxygen atoms in total. The summed E-state index contributed by atoms with van der Waals surface area (Å²) >= 11 is 0. The Labute approximate surface area is 361 Å². The van der Waals surface area contributed by atoms with E-state index in [1.165, 1.54) is 0 Å². The zero-order valence-corrected chi connectivity index (χ0v) is 33.9. The van der Waals surface area contributed by atoms with E-state index in [-0.39, 0.29) is 0 Å². The first-order valence-corrected chi connectivity index (χ1v) is 21.5. The van der Waals surface area contributed by atoms with Gasteiger partial charge in [-0.2, -0.15) is 0 Å². The second-order valence-corrected chi connectivity index (χ2v) is 16.4. The molecule has 0 spiro atoms. The van der Waals surface area contributed by atoms with E-state index in [0.29, 0.717) is 5.95 Å². The molecule has 1 aliphatic carbocycles. The van der Waals surface area contributed by atoms with Crippen molar-refractivity contribution in [2.45, 2.75) is 12.8 Å². The van der Waals surface area contributed by atoms with Crippen molar-refractivity contribution in [3.63, 3.8) is 0 Å². The number of aromatic nitrogens is 4. The van der Waals surface area contributed by atoms with Crippen molar-refractivity contribution in [3.05, 3.63) is 186 Å². The van der Waals surface area contributed by atoms with Gasteiger partial charge in [-0.1, -0.05) is 115 Å². The number of hydrogen-bond donors (Lipinski definition) is 0. The predicted octanol–water partition coefficient (Wildman–Crippen LogP) is 13.0. The second kappa shape index (κ2) is 13.0. The van der Waals surface area contributed by atoms with Crippen LogP contribution in [0.15, 0.2) is 176 Å². The molecule has 8 aromatic carbocycles. The zero-order chi connectivity index (χ0) is 41.2. The van der Waals surface area contributed by atoms with Crippen molar-refractivity contribution >= 4 is 72.8 Å². The van der Waals surface area contributed by atoms with Crippen LogP contribution in [-0.4, -0.2) is 19.1 Å². The minimum Gasteiger partial charge on any atom is -0.453 e. The monoisotopic (exact) mass is 809 g/mol. The number of nitrogens with zero attached hydrogens (tertiary/aromatic N) is 5. The summed E-state index contributed by atoms with van der Waals surface area (Å²) in [6.45, 7) is 0. The fourth-order valence-corrected chi connectivity index (χ4v) is 10.2. The molecule has 3 aliphatic rings. The fourth-order valence-electron chi connectivity index (χ4n) is 10.2. The SMILES string of the molecule is C1=c2nc(-n3c4ccccc4c4cc(-c5ccc6c(c5)c5c7c8c(cc5n6-c5ccccc5)Oc5ccccc5N8c5ccccc5O7)ccc43)nc(-c3ccccc3)c2=CCC1. The number of para-hydroxylation sites is 6. The van der Waals surface area contributed by atoms with Gasteiger partial charge in [-0.3, -0.25) is 9.47 Å². The quantitative estimate of drug-likeness (QED) is 0.177. The van der Waals surface area contributed by atoms with Gasteiger partial charge in [0.2, 0.25) is 5.95 Å². The number of hydrogen-bond acceptors (Lipinski definition) is 5. The average Bonchev–Trinajstić information content (AvgIpc) is 3.86. The van der Waals surface area contributed by atoms with Crippen LogP contribution in [0.1, 0.15) is 12.8 Å². The Morgan fingerprint density at radius 3 is 1.87 bits per heavy atom. The van der Waals surface area contributed by atoms with Crippen LogP contribution in [0.3, 0.4) is 0 Å². The molecule has 2 aliphatic heterocycles. The average molecular weight is 810 g/mol. The molecular weight excluding hydrogens is 775 g/mol. The number of rotatable bonds is 4. The standard InChI is InChI=1S/C56H35N5O2/c1-3-15-34(16-4-1)53-39-20-7-9-21-42(39)57-56(58-53)61-43-22-10-8-19-38(43)40-31-35(27-29-44(40)61)36-28-30-45-41(32-36)52-48(59(45)37-17-5-2-6-18-37)33-51-54-55(52)63-50-26-14-12-24-47(50)60(54)46-23-11-13-25-49(46)62-51/h1-6,8,10-33H,7,9H2. The predicted molar refractivity (Wildman–Crippen MR) is 254 cm³/mol. The van der Waals surface area contributed by atoms with Crippen LogP contribution < -0.4 is 24.9 Å². The van der Waals surface area contributed by atoms with E-state index < -0.39 is 0 Å². The maximum absolute atomic E-state index is 7.02. The molecule has 0 amide bonds. The van der Waals surface area contributed by atoms with Crippen molar-refractivity contribution in [3.8, 4) is 57.0 Å². The summed E-state index contributed by atoms with van der Waals surface area (Å²) in [5, 5.41) is 6.51. The summed E-state index contributed by atoms with van der Waals surface area (Å²) in [6.07, 6.45) is 6.48. The molecule has 0 N–H and O–H groups in total. The molecule has 0 atom stereocenters. The molecule has 296 valence electrons. The zero-order valence-electron chi connectivity index (χ0n) is 33.9. The smallest absolute Gasteiger partial charge is 0.235 e. The molecule has 0 bridgehead atoms. The van der Waals surface area contributed by atoms with Gasteiger partial charge >= 0.3 is 0 Å². The van der Waals surface area contributed by atoms with E-state index in [4.69, 9.17) is 19.4 Å².